The third kappa shape index (κ3) is 3.37. The zero-order valence-corrected chi connectivity index (χ0v) is 8.69. The first kappa shape index (κ1) is 13.1. The van der Waals surface area contributed by atoms with Gasteiger partial charge in [-0.15, -0.1) is 4.91 Å². The molecule has 0 saturated carbocycles. The van der Waals surface area contributed by atoms with Gasteiger partial charge in [-0.25, -0.2) is 0 Å². The average molecular weight is 214 g/mol. The van der Waals surface area contributed by atoms with Crippen molar-refractivity contribution in [3.05, 3.63) is 16.4 Å². The summed E-state index contributed by atoms with van der Waals surface area (Å²) in [6.07, 6.45) is 0.274. The minimum atomic E-state index is -0.596. The Labute approximate surface area is 87.3 Å². The summed E-state index contributed by atoms with van der Waals surface area (Å²) in [4.78, 5) is 33.4. The molecule has 3 N–H and O–H groups in total. The van der Waals surface area contributed by atoms with Crippen molar-refractivity contribution in [2.45, 2.75) is 13.8 Å². The van der Waals surface area contributed by atoms with E-state index in [4.69, 9.17) is 5.73 Å². The van der Waals surface area contributed by atoms with Crippen LogP contribution in [0.2, 0.25) is 0 Å². The van der Waals surface area contributed by atoms with Crippen LogP contribution in [0.3, 0.4) is 0 Å². The van der Waals surface area contributed by atoms with Gasteiger partial charge in [0.25, 0.3) is 5.91 Å². The maximum Gasteiger partial charge on any atom is 0.279 e. The number of nitrogens with zero attached hydrogens (tertiary/aromatic N) is 2. The summed E-state index contributed by atoms with van der Waals surface area (Å²) in [5, 5.41) is 4.53. The number of likely N-dealkylation sites (N-methyl/N-ethyl adjacent to an activating group) is 1. The summed E-state index contributed by atoms with van der Waals surface area (Å²) in [6, 6.07) is 0. The van der Waals surface area contributed by atoms with Crippen LogP contribution < -0.4 is 11.1 Å². The maximum atomic E-state index is 11.6. The van der Waals surface area contributed by atoms with Crippen molar-refractivity contribution in [2.75, 3.05) is 13.1 Å². The van der Waals surface area contributed by atoms with Gasteiger partial charge in [0.1, 0.15) is 5.82 Å². The SMILES string of the molecule is CCN(CC)C(=O)/C(N=O)=C(/N)NC=O. The molecule has 15 heavy (non-hydrogen) atoms. The number of amides is 2. The number of nitroso groups, excluding NO2 is 1. The van der Waals surface area contributed by atoms with Gasteiger partial charge in [0.15, 0.2) is 0 Å². The zero-order chi connectivity index (χ0) is 11.8. The average Bonchev–Trinajstić information content (AvgIpc) is 2.21. The predicted molar refractivity (Wildman–Crippen MR) is 54.1 cm³/mol. The summed E-state index contributed by atoms with van der Waals surface area (Å²) in [5.74, 6) is -0.932. The van der Waals surface area contributed by atoms with E-state index >= 15 is 0 Å². The lowest BCUT2D eigenvalue weighted by atomic mass is 10.3. The van der Waals surface area contributed by atoms with E-state index in [9.17, 15) is 14.5 Å². The van der Waals surface area contributed by atoms with E-state index in [1.54, 1.807) is 13.8 Å². The lowest BCUT2D eigenvalue weighted by molar-refractivity contribution is -0.126. The second-order valence-electron chi connectivity index (χ2n) is 2.59. The normalized spacial score (nSPS) is 11.3. The molecule has 0 aromatic rings. The lowest BCUT2D eigenvalue weighted by Gasteiger charge is -2.18. The van der Waals surface area contributed by atoms with Gasteiger partial charge in [-0.2, -0.15) is 0 Å². The molecular formula is C8H14N4O3. The van der Waals surface area contributed by atoms with Crippen LogP contribution in [0.5, 0.6) is 0 Å². The van der Waals surface area contributed by atoms with E-state index in [1.165, 1.54) is 4.90 Å². The molecule has 0 atom stereocenters. The highest BCUT2D eigenvalue weighted by Gasteiger charge is 2.19. The van der Waals surface area contributed by atoms with E-state index < -0.39 is 11.6 Å². The molecule has 2 amide bonds. The van der Waals surface area contributed by atoms with Crippen LogP contribution in [-0.2, 0) is 9.59 Å². The molecule has 0 spiro atoms. The molecular weight excluding hydrogens is 200 g/mol. The third-order valence-electron chi connectivity index (χ3n) is 1.81. The molecule has 0 rings (SSSR count). The highest BCUT2D eigenvalue weighted by Crippen LogP contribution is 2.04. The van der Waals surface area contributed by atoms with Crippen LogP contribution in [0, 0.1) is 4.91 Å². The van der Waals surface area contributed by atoms with Crippen molar-refractivity contribution < 1.29 is 9.59 Å². The minimum Gasteiger partial charge on any atom is -0.383 e. The van der Waals surface area contributed by atoms with Crippen molar-refractivity contribution in [2.24, 2.45) is 10.9 Å². The smallest absolute Gasteiger partial charge is 0.279 e. The Bertz CT molecular complexity index is 284. The molecule has 0 aliphatic heterocycles. The van der Waals surface area contributed by atoms with Gasteiger partial charge < -0.3 is 16.0 Å². The van der Waals surface area contributed by atoms with E-state index in [0.717, 1.165) is 0 Å². The van der Waals surface area contributed by atoms with Gasteiger partial charge >= 0.3 is 0 Å². The highest BCUT2D eigenvalue weighted by molar-refractivity contribution is 5.93. The van der Waals surface area contributed by atoms with Gasteiger partial charge in [0.05, 0.1) is 0 Å². The van der Waals surface area contributed by atoms with Gasteiger partial charge in [-0.3, -0.25) is 9.59 Å². The lowest BCUT2D eigenvalue weighted by Crippen LogP contribution is -2.34. The van der Waals surface area contributed by atoms with E-state index in [2.05, 4.69) is 5.18 Å². The molecule has 0 heterocycles. The number of nitrogens with two attached hydrogens (primary N) is 1. The molecule has 0 unspecified atom stereocenters. The Morgan fingerprint density at radius 2 is 2.00 bits per heavy atom. The number of hydrogen-bond donors (Lipinski definition) is 2. The third-order valence-corrected chi connectivity index (χ3v) is 1.81. The Morgan fingerprint density at radius 1 is 1.47 bits per heavy atom. The van der Waals surface area contributed by atoms with E-state index in [0.29, 0.717) is 13.1 Å². The maximum absolute atomic E-state index is 11.6. The van der Waals surface area contributed by atoms with Gasteiger partial charge in [-0.05, 0) is 19.0 Å². The number of rotatable bonds is 6. The Kier molecular flexibility index (Phi) is 5.69. The summed E-state index contributed by atoms with van der Waals surface area (Å²) < 4.78 is 0. The highest BCUT2D eigenvalue weighted by atomic mass is 16.3. The zero-order valence-electron chi connectivity index (χ0n) is 8.69. The molecule has 0 fully saturated rings. The number of carbonyl (C=O) groups excluding carboxylic acids is 2. The molecule has 0 bridgehead atoms. The summed E-state index contributed by atoms with van der Waals surface area (Å²) in [5.41, 5.74) is 4.80. The summed E-state index contributed by atoms with van der Waals surface area (Å²) in [6.45, 7) is 4.38. The van der Waals surface area contributed by atoms with E-state index in [-0.39, 0.29) is 12.2 Å². The first-order valence-corrected chi connectivity index (χ1v) is 4.44. The van der Waals surface area contributed by atoms with Gasteiger partial charge in [-0.1, -0.05) is 0 Å². The first-order valence-electron chi connectivity index (χ1n) is 4.44. The molecule has 0 aromatic carbocycles. The second kappa shape index (κ2) is 6.52. The number of hydrogen-bond acceptors (Lipinski definition) is 5. The Morgan fingerprint density at radius 3 is 2.33 bits per heavy atom. The molecule has 0 saturated heterocycles. The van der Waals surface area contributed by atoms with Crippen LogP contribution in [0.1, 0.15) is 13.8 Å². The standard InChI is InChI=1S/C8H14N4O3/c1-3-12(4-2)8(14)6(11-15)7(9)10-5-13/h5H,3-4,9H2,1-2H3,(H,10,13)/b7-6+. The topological polar surface area (TPSA) is 105 Å². The van der Waals surface area contributed by atoms with Crippen LogP contribution >= 0.6 is 0 Å². The molecule has 84 valence electrons. The number of carbonyl (C=O) groups is 2. The molecule has 0 aromatic heterocycles. The monoisotopic (exact) mass is 214 g/mol. The van der Waals surface area contributed by atoms with Crippen molar-refractivity contribution >= 4 is 12.3 Å². The van der Waals surface area contributed by atoms with Crippen LogP contribution in [0.15, 0.2) is 16.7 Å². The molecule has 0 aliphatic carbocycles. The van der Waals surface area contributed by atoms with Crippen molar-refractivity contribution in [1.82, 2.24) is 10.2 Å². The fraction of sp³-hybridized carbons (Fsp3) is 0.500. The molecule has 0 aliphatic rings. The Hall–Kier alpha value is -1.92. The summed E-state index contributed by atoms with van der Waals surface area (Å²) >= 11 is 0. The van der Waals surface area contributed by atoms with E-state index in [1.807, 2.05) is 5.32 Å². The minimum absolute atomic E-state index is 0.274. The second-order valence-corrected chi connectivity index (χ2v) is 2.59. The van der Waals surface area contributed by atoms with Crippen molar-refractivity contribution in [3.8, 4) is 0 Å². The molecule has 7 nitrogen and oxygen atoms in total. The quantitative estimate of drug-likeness (QED) is 0.353. The van der Waals surface area contributed by atoms with Gasteiger partial charge in [0, 0.05) is 13.1 Å². The van der Waals surface area contributed by atoms with Crippen molar-refractivity contribution in [1.29, 1.82) is 0 Å². The van der Waals surface area contributed by atoms with Crippen LogP contribution in [0.25, 0.3) is 0 Å². The Balaban J connectivity index is 4.96. The fourth-order valence-electron chi connectivity index (χ4n) is 0.996. The molecule has 7 heteroatoms. The fourth-order valence-corrected chi connectivity index (χ4v) is 0.996. The van der Waals surface area contributed by atoms with Crippen LogP contribution in [-0.4, -0.2) is 30.3 Å². The summed E-state index contributed by atoms with van der Waals surface area (Å²) in [7, 11) is 0. The first-order chi connectivity index (χ1) is 7.12. The predicted octanol–water partition coefficient (Wildman–Crippen LogP) is -0.505. The van der Waals surface area contributed by atoms with Crippen LogP contribution in [0.4, 0.5) is 0 Å². The number of nitrogens with one attached hydrogen (secondary N) is 1. The van der Waals surface area contributed by atoms with Crippen molar-refractivity contribution in [3.63, 3.8) is 0 Å². The molecule has 0 radical (unpaired) electrons. The van der Waals surface area contributed by atoms with Gasteiger partial charge in [0.2, 0.25) is 12.1 Å². The largest absolute Gasteiger partial charge is 0.383 e.